The van der Waals surface area contributed by atoms with Crippen LogP contribution in [0.5, 0.6) is 0 Å². The van der Waals surface area contributed by atoms with Crippen LogP contribution in [0, 0.1) is 35.0 Å². The summed E-state index contributed by atoms with van der Waals surface area (Å²) in [7, 11) is 0. The highest BCUT2D eigenvalue weighted by Gasteiger charge is 2.66. The quantitative estimate of drug-likeness (QED) is 0.665. The van der Waals surface area contributed by atoms with Crippen molar-refractivity contribution in [1.29, 1.82) is 0 Å². The normalized spacial score (nSPS) is 58.7. The van der Waals surface area contributed by atoms with Crippen molar-refractivity contribution in [2.75, 3.05) is 0 Å². The lowest BCUT2D eigenvalue weighted by molar-refractivity contribution is -0.0302. The van der Waals surface area contributed by atoms with E-state index in [1.807, 2.05) is 0 Å². The molecule has 3 saturated carbocycles. The molecule has 0 radical (unpaired) electrons. The predicted molar refractivity (Wildman–Crippen MR) is 66.0 cm³/mol. The van der Waals surface area contributed by atoms with Gasteiger partial charge in [-0.05, 0) is 61.2 Å². The summed E-state index contributed by atoms with van der Waals surface area (Å²) in [6, 6.07) is 0. The van der Waals surface area contributed by atoms with E-state index in [4.69, 9.17) is 0 Å². The molecule has 0 unspecified atom stereocenters. The van der Waals surface area contributed by atoms with Gasteiger partial charge >= 0.3 is 0 Å². The second kappa shape index (κ2) is 3.04. The number of hydrogen-bond acceptors (Lipinski definition) is 1. The zero-order chi connectivity index (χ0) is 11.7. The van der Waals surface area contributed by atoms with E-state index in [1.165, 1.54) is 19.3 Å². The fourth-order valence-corrected chi connectivity index (χ4v) is 5.29. The lowest BCUT2D eigenvalue weighted by Crippen LogP contribution is -2.38. The molecular weight excluding hydrogens is 196 g/mol. The molecule has 3 fully saturated rings. The summed E-state index contributed by atoms with van der Waals surface area (Å²) in [6.07, 6.45) is 4.89. The third-order valence-electron chi connectivity index (χ3n) is 6.37. The van der Waals surface area contributed by atoms with E-state index in [1.54, 1.807) is 0 Å². The van der Waals surface area contributed by atoms with Crippen LogP contribution in [0.2, 0.25) is 0 Å². The predicted octanol–water partition coefficient (Wildman–Crippen LogP) is 3.47. The van der Waals surface area contributed by atoms with Crippen molar-refractivity contribution in [2.24, 2.45) is 35.0 Å². The Morgan fingerprint density at radius 3 is 2.38 bits per heavy atom. The van der Waals surface area contributed by atoms with E-state index in [9.17, 15) is 5.11 Å². The molecule has 0 spiro atoms. The van der Waals surface area contributed by atoms with E-state index in [-0.39, 0.29) is 5.60 Å². The maximum absolute atomic E-state index is 10.7. The zero-order valence-corrected chi connectivity index (χ0v) is 11.2. The van der Waals surface area contributed by atoms with Crippen LogP contribution in [0.25, 0.3) is 0 Å². The summed E-state index contributed by atoms with van der Waals surface area (Å²) in [5.74, 6) is 4.03. The summed E-state index contributed by atoms with van der Waals surface area (Å²) < 4.78 is 0. The molecule has 0 saturated heterocycles. The topological polar surface area (TPSA) is 20.2 Å². The standard InChI is InChI=1S/C15H26O/c1-9-5-6-10-12(9)13-11(14(13,2)3)7-8-15(10,4)16/h9-13,16H,5-8H2,1-4H3/t9-,10-,11-,12-,13-,15-/m1/s1. The molecule has 6 atom stereocenters. The third-order valence-corrected chi connectivity index (χ3v) is 6.37. The Kier molecular flexibility index (Phi) is 2.11. The number of hydrogen-bond donors (Lipinski definition) is 1. The largest absolute Gasteiger partial charge is 0.390 e. The van der Waals surface area contributed by atoms with Crippen LogP contribution in [-0.4, -0.2) is 10.7 Å². The molecule has 0 aromatic heterocycles. The van der Waals surface area contributed by atoms with Gasteiger partial charge in [-0.3, -0.25) is 0 Å². The minimum Gasteiger partial charge on any atom is -0.390 e. The molecule has 0 heterocycles. The lowest BCUT2D eigenvalue weighted by atomic mass is 9.74. The summed E-state index contributed by atoms with van der Waals surface area (Å²) in [5.41, 5.74) is 0.191. The van der Waals surface area contributed by atoms with Crippen LogP contribution in [0.1, 0.15) is 53.4 Å². The Hall–Kier alpha value is -0.0400. The average Bonchev–Trinajstić information content (AvgIpc) is 2.51. The minimum atomic E-state index is -0.376. The molecule has 0 amide bonds. The molecule has 3 aliphatic carbocycles. The molecule has 0 aliphatic heterocycles. The molecule has 1 nitrogen and oxygen atoms in total. The van der Waals surface area contributed by atoms with Gasteiger partial charge in [-0.2, -0.15) is 0 Å². The van der Waals surface area contributed by atoms with E-state index in [2.05, 4.69) is 27.7 Å². The Labute approximate surface area is 99.6 Å². The SMILES string of the molecule is C[C@@H]1CC[C@@H]2[C@@H]1[C@H]1[C@@H](CC[C@@]2(C)O)C1(C)C. The Balaban J connectivity index is 1.94. The van der Waals surface area contributed by atoms with E-state index in [0.717, 1.165) is 30.1 Å². The van der Waals surface area contributed by atoms with Gasteiger partial charge in [-0.15, -0.1) is 0 Å². The second-order valence-electron chi connectivity index (χ2n) is 7.59. The van der Waals surface area contributed by atoms with Gasteiger partial charge in [0.1, 0.15) is 0 Å². The third kappa shape index (κ3) is 1.27. The van der Waals surface area contributed by atoms with E-state index >= 15 is 0 Å². The highest BCUT2D eigenvalue weighted by atomic mass is 16.3. The summed E-state index contributed by atoms with van der Waals surface area (Å²) in [5, 5.41) is 10.7. The van der Waals surface area contributed by atoms with Gasteiger partial charge in [0.2, 0.25) is 0 Å². The van der Waals surface area contributed by atoms with Crippen LogP contribution < -0.4 is 0 Å². The lowest BCUT2D eigenvalue weighted by Gasteiger charge is -2.35. The number of rotatable bonds is 0. The van der Waals surface area contributed by atoms with Gasteiger partial charge in [0.15, 0.2) is 0 Å². The van der Waals surface area contributed by atoms with Gasteiger partial charge in [-0.25, -0.2) is 0 Å². The zero-order valence-electron chi connectivity index (χ0n) is 11.2. The molecule has 0 aromatic carbocycles. The molecule has 0 bridgehead atoms. The first-order chi connectivity index (χ1) is 7.36. The van der Waals surface area contributed by atoms with Gasteiger partial charge < -0.3 is 5.11 Å². The fourth-order valence-electron chi connectivity index (χ4n) is 5.29. The first-order valence-electron chi connectivity index (χ1n) is 7.08. The van der Waals surface area contributed by atoms with E-state index in [0.29, 0.717) is 11.3 Å². The molecule has 3 rings (SSSR count). The maximum Gasteiger partial charge on any atom is 0.0650 e. The van der Waals surface area contributed by atoms with Crippen molar-refractivity contribution in [3.05, 3.63) is 0 Å². The van der Waals surface area contributed by atoms with E-state index < -0.39 is 0 Å². The monoisotopic (exact) mass is 222 g/mol. The van der Waals surface area contributed by atoms with Crippen LogP contribution in [0.3, 0.4) is 0 Å². The van der Waals surface area contributed by atoms with Crippen molar-refractivity contribution in [3.8, 4) is 0 Å². The number of aliphatic hydroxyl groups is 1. The van der Waals surface area contributed by atoms with Crippen LogP contribution in [0.15, 0.2) is 0 Å². The summed E-state index contributed by atoms with van der Waals surface area (Å²) in [4.78, 5) is 0. The summed E-state index contributed by atoms with van der Waals surface area (Å²) >= 11 is 0. The molecule has 92 valence electrons. The van der Waals surface area contributed by atoms with Crippen LogP contribution in [-0.2, 0) is 0 Å². The summed E-state index contributed by atoms with van der Waals surface area (Å²) in [6.45, 7) is 9.41. The first-order valence-corrected chi connectivity index (χ1v) is 7.08. The highest BCUT2D eigenvalue weighted by molar-refractivity contribution is 5.14. The van der Waals surface area contributed by atoms with Crippen LogP contribution in [0.4, 0.5) is 0 Å². The van der Waals surface area contributed by atoms with Crippen molar-refractivity contribution in [2.45, 2.75) is 59.0 Å². The van der Waals surface area contributed by atoms with Crippen molar-refractivity contribution >= 4 is 0 Å². The van der Waals surface area contributed by atoms with Gasteiger partial charge in [0.05, 0.1) is 5.60 Å². The Bertz CT molecular complexity index is 305. The van der Waals surface area contributed by atoms with Crippen molar-refractivity contribution < 1.29 is 5.11 Å². The smallest absolute Gasteiger partial charge is 0.0650 e. The number of fused-ring (bicyclic) bond motifs is 3. The Morgan fingerprint density at radius 2 is 1.69 bits per heavy atom. The fraction of sp³-hybridized carbons (Fsp3) is 1.00. The Morgan fingerprint density at radius 1 is 1.00 bits per heavy atom. The minimum absolute atomic E-state index is 0.376. The van der Waals surface area contributed by atoms with Gasteiger partial charge in [-0.1, -0.05) is 27.2 Å². The molecule has 1 heteroatoms. The van der Waals surface area contributed by atoms with Crippen molar-refractivity contribution in [3.63, 3.8) is 0 Å². The van der Waals surface area contributed by atoms with Gasteiger partial charge in [0.25, 0.3) is 0 Å². The average molecular weight is 222 g/mol. The molecule has 0 aromatic rings. The molecule has 16 heavy (non-hydrogen) atoms. The molecule has 1 N–H and O–H groups in total. The maximum atomic E-state index is 10.7. The molecular formula is C15H26O. The van der Waals surface area contributed by atoms with Gasteiger partial charge in [0, 0.05) is 0 Å². The van der Waals surface area contributed by atoms with Crippen molar-refractivity contribution in [1.82, 2.24) is 0 Å². The first kappa shape index (κ1) is 11.1. The highest BCUT2D eigenvalue weighted by Crippen LogP contribution is 2.71. The van der Waals surface area contributed by atoms with Crippen LogP contribution >= 0.6 is 0 Å². The molecule has 3 aliphatic rings. The second-order valence-corrected chi connectivity index (χ2v) is 7.59.